The second-order valence-corrected chi connectivity index (χ2v) is 11.9. The molecule has 0 bridgehead atoms. The summed E-state index contributed by atoms with van der Waals surface area (Å²) in [5.41, 5.74) is 5.55. The van der Waals surface area contributed by atoms with Crippen LogP contribution in [0.4, 0.5) is 13.2 Å². The highest BCUT2D eigenvalue weighted by molar-refractivity contribution is 5.95. The van der Waals surface area contributed by atoms with E-state index in [1.165, 1.54) is 23.3 Å². The Labute approximate surface area is 249 Å². The first kappa shape index (κ1) is 29.3. The molecule has 4 heterocycles. The zero-order valence-corrected chi connectivity index (χ0v) is 24.6. The summed E-state index contributed by atoms with van der Waals surface area (Å²) in [5.74, 6) is 0.821. The SMILES string of the molecule is Cc1ccc(CN2CCC(c3ccc4nc(C(=O)N5CCN(Cc6ccc(C(F)(F)F)cc6)CC5)n(C)c4c3)CC2)cn1. The number of aromatic nitrogens is 3. The normalized spacial score (nSPS) is 17.6. The highest BCUT2D eigenvalue weighted by atomic mass is 19.4. The van der Waals surface area contributed by atoms with Crippen molar-refractivity contribution in [3.05, 3.63) is 94.6 Å². The monoisotopic (exact) mass is 590 g/mol. The van der Waals surface area contributed by atoms with Crippen molar-refractivity contribution in [1.29, 1.82) is 0 Å². The van der Waals surface area contributed by atoms with Gasteiger partial charge in [-0.2, -0.15) is 13.2 Å². The molecule has 0 unspecified atom stereocenters. The molecule has 0 N–H and O–H groups in total. The molecule has 2 fully saturated rings. The Hall–Kier alpha value is -3.76. The third-order valence-corrected chi connectivity index (χ3v) is 8.88. The third kappa shape index (κ3) is 6.60. The minimum Gasteiger partial charge on any atom is -0.333 e. The van der Waals surface area contributed by atoms with E-state index >= 15 is 0 Å². The number of carbonyl (C=O) groups is 1. The van der Waals surface area contributed by atoms with Gasteiger partial charge in [-0.25, -0.2) is 4.98 Å². The van der Waals surface area contributed by atoms with E-state index in [4.69, 9.17) is 4.98 Å². The van der Waals surface area contributed by atoms with Crippen LogP contribution in [-0.4, -0.2) is 74.4 Å². The highest BCUT2D eigenvalue weighted by Crippen LogP contribution is 2.32. The summed E-state index contributed by atoms with van der Waals surface area (Å²) in [5, 5.41) is 0. The van der Waals surface area contributed by atoms with E-state index in [1.54, 1.807) is 0 Å². The predicted molar refractivity (Wildman–Crippen MR) is 160 cm³/mol. The molecule has 0 radical (unpaired) electrons. The standard InChI is InChI=1S/C33H37F3N6O/c1-23-3-4-25(20-37-23)22-40-13-11-26(12-14-40)27-7-10-29-30(19-27)39(2)31(38-29)32(43)42-17-15-41(16-18-42)21-24-5-8-28(9-6-24)33(34,35)36/h3-10,19-20,26H,11-18,21-22H2,1-2H3. The van der Waals surface area contributed by atoms with Crippen molar-refractivity contribution in [2.45, 2.75) is 44.9 Å². The molecular weight excluding hydrogens is 553 g/mol. The molecule has 6 rings (SSSR count). The van der Waals surface area contributed by atoms with E-state index in [-0.39, 0.29) is 5.91 Å². The molecule has 1 amide bonds. The fraction of sp³-hybridized carbons (Fsp3) is 0.424. The molecular formula is C33H37F3N6O. The molecule has 4 aromatic rings. The number of alkyl halides is 3. The van der Waals surface area contributed by atoms with Gasteiger partial charge < -0.3 is 9.47 Å². The Morgan fingerprint density at radius 3 is 2.16 bits per heavy atom. The van der Waals surface area contributed by atoms with Crippen LogP contribution in [0.5, 0.6) is 0 Å². The van der Waals surface area contributed by atoms with Crippen LogP contribution in [0.1, 0.15) is 57.3 Å². The first-order chi connectivity index (χ1) is 20.6. The van der Waals surface area contributed by atoms with Crippen LogP contribution >= 0.6 is 0 Å². The van der Waals surface area contributed by atoms with Gasteiger partial charge >= 0.3 is 6.18 Å². The zero-order valence-electron chi connectivity index (χ0n) is 24.6. The van der Waals surface area contributed by atoms with E-state index in [0.29, 0.717) is 44.5 Å². The third-order valence-electron chi connectivity index (χ3n) is 8.88. The van der Waals surface area contributed by atoms with Crippen LogP contribution in [0.3, 0.4) is 0 Å². The molecule has 2 saturated heterocycles. The quantitative estimate of drug-likeness (QED) is 0.291. The van der Waals surface area contributed by atoms with Crippen LogP contribution in [0.25, 0.3) is 11.0 Å². The number of pyridine rings is 1. The van der Waals surface area contributed by atoms with Crippen LogP contribution in [0, 0.1) is 6.92 Å². The average Bonchev–Trinajstić information content (AvgIpc) is 3.34. The molecule has 2 aromatic heterocycles. The van der Waals surface area contributed by atoms with Gasteiger partial charge in [-0.1, -0.05) is 24.3 Å². The maximum absolute atomic E-state index is 13.5. The van der Waals surface area contributed by atoms with Gasteiger partial charge in [0, 0.05) is 58.2 Å². The van der Waals surface area contributed by atoms with Crippen LogP contribution in [-0.2, 0) is 26.3 Å². The Morgan fingerprint density at radius 1 is 0.860 bits per heavy atom. The van der Waals surface area contributed by atoms with Gasteiger partial charge in [0.05, 0.1) is 16.6 Å². The largest absolute Gasteiger partial charge is 0.416 e. The van der Waals surface area contributed by atoms with E-state index in [0.717, 1.165) is 66.9 Å². The summed E-state index contributed by atoms with van der Waals surface area (Å²) < 4.78 is 40.5. The minimum absolute atomic E-state index is 0.0895. The Morgan fingerprint density at radius 2 is 1.51 bits per heavy atom. The van der Waals surface area contributed by atoms with Crippen molar-refractivity contribution in [1.82, 2.24) is 29.2 Å². The summed E-state index contributed by atoms with van der Waals surface area (Å²) in [6, 6.07) is 15.9. The Bertz CT molecular complexity index is 1570. The topological polar surface area (TPSA) is 57.5 Å². The number of rotatable bonds is 6. The van der Waals surface area contributed by atoms with Gasteiger partial charge in [0.25, 0.3) is 5.91 Å². The average molecular weight is 591 g/mol. The number of piperazine rings is 1. The molecule has 2 aliphatic rings. The number of halogens is 3. The highest BCUT2D eigenvalue weighted by Gasteiger charge is 2.30. The molecule has 7 nitrogen and oxygen atoms in total. The lowest BCUT2D eigenvalue weighted by Gasteiger charge is -2.34. The van der Waals surface area contributed by atoms with Crippen LogP contribution in [0.2, 0.25) is 0 Å². The van der Waals surface area contributed by atoms with E-state index in [1.807, 2.05) is 35.7 Å². The van der Waals surface area contributed by atoms with Gasteiger partial charge in [0.15, 0.2) is 5.82 Å². The van der Waals surface area contributed by atoms with Crippen molar-refractivity contribution in [2.75, 3.05) is 39.3 Å². The Kier molecular flexibility index (Phi) is 8.24. The number of benzene rings is 2. The summed E-state index contributed by atoms with van der Waals surface area (Å²) in [6.07, 6.45) is -0.184. The molecule has 0 atom stereocenters. The number of carbonyl (C=O) groups excluding carboxylic acids is 1. The maximum Gasteiger partial charge on any atom is 0.416 e. The lowest BCUT2D eigenvalue weighted by Crippen LogP contribution is -2.48. The smallest absolute Gasteiger partial charge is 0.333 e. The van der Waals surface area contributed by atoms with Gasteiger partial charge in [-0.15, -0.1) is 0 Å². The number of imidazole rings is 1. The molecule has 226 valence electrons. The van der Waals surface area contributed by atoms with E-state index in [9.17, 15) is 18.0 Å². The van der Waals surface area contributed by atoms with E-state index in [2.05, 4.69) is 39.0 Å². The predicted octanol–water partition coefficient (Wildman–Crippen LogP) is 5.63. The lowest BCUT2D eigenvalue weighted by atomic mass is 9.89. The summed E-state index contributed by atoms with van der Waals surface area (Å²) in [6.45, 7) is 7.96. The molecule has 0 saturated carbocycles. The Balaban J connectivity index is 1.05. The van der Waals surface area contributed by atoms with Gasteiger partial charge in [0.2, 0.25) is 0 Å². The number of hydrogen-bond acceptors (Lipinski definition) is 5. The number of amides is 1. The summed E-state index contributed by atoms with van der Waals surface area (Å²) >= 11 is 0. The van der Waals surface area contributed by atoms with Crippen LogP contribution in [0.15, 0.2) is 60.8 Å². The van der Waals surface area contributed by atoms with Crippen molar-refractivity contribution in [3.8, 4) is 0 Å². The van der Waals surface area contributed by atoms with Crippen LogP contribution < -0.4 is 0 Å². The minimum atomic E-state index is -4.33. The van der Waals surface area contributed by atoms with Crippen molar-refractivity contribution < 1.29 is 18.0 Å². The van der Waals surface area contributed by atoms with Crippen molar-refractivity contribution in [3.63, 3.8) is 0 Å². The van der Waals surface area contributed by atoms with Gasteiger partial charge in [-0.05, 0) is 85.8 Å². The molecule has 0 spiro atoms. The molecule has 10 heteroatoms. The first-order valence-corrected chi connectivity index (χ1v) is 14.9. The maximum atomic E-state index is 13.5. The molecule has 43 heavy (non-hydrogen) atoms. The summed E-state index contributed by atoms with van der Waals surface area (Å²) in [4.78, 5) is 29.1. The van der Waals surface area contributed by atoms with Gasteiger partial charge in [0.1, 0.15) is 0 Å². The number of piperidine rings is 1. The number of hydrogen-bond donors (Lipinski definition) is 0. The molecule has 0 aliphatic carbocycles. The number of likely N-dealkylation sites (tertiary alicyclic amines) is 1. The van der Waals surface area contributed by atoms with Gasteiger partial charge in [-0.3, -0.25) is 19.6 Å². The lowest BCUT2D eigenvalue weighted by molar-refractivity contribution is -0.137. The van der Waals surface area contributed by atoms with Crippen molar-refractivity contribution >= 4 is 16.9 Å². The number of aryl methyl sites for hydroxylation is 2. The molecule has 2 aliphatic heterocycles. The molecule has 2 aromatic carbocycles. The number of fused-ring (bicyclic) bond motifs is 1. The summed E-state index contributed by atoms with van der Waals surface area (Å²) in [7, 11) is 1.91. The number of nitrogens with zero attached hydrogens (tertiary/aromatic N) is 6. The second-order valence-electron chi connectivity index (χ2n) is 11.9. The fourth-order valence-corrected chi connectivity index (χ4v) is 6.23. The zero-order chi connectivity index (χ0) is 30.1. The first-order valence-electron chi connectivity index (χ1n) is 14.9. The van der Waals surface area contributed by atoms with E-state index < -0.39 is 11.7 Å². The second kappa shape index (κ2) is 12.1. The van der Waals surface area contributed by atoms with Crippen molar-refractivity contribution in [2.24, 2.45) is 7.05 Å². The fourth-order valence-electron chi connectivity index (χ4n) is 6.23.